The minimum Gasteiger partial charge on any atom is -0.332 e. The molecule has 0 aromatic heterocycles. The van der Waals surface area contributed by atoms with Gasteiger partial charge in [-0.3, -0.25) is 25.0 Å². The summed E-state index contributed by atoms with van der Waals surface area (Å²) >= 11 is 10.1. The monoisotopic (exact) mass is 417 g/mol. The first-order chi connectivity index (χ1) is 13.2. The lowest BCUT2D eigenvalue weighted by Gasteiger charge is -2.11. The second-order valence-corrected chi connectivity index (χ2v) is 6.24. The molecule has 0 aliphatic rings. The van der Waals surface area contributed by atoms with Gasteiger partial charge in [-0.15, -0.1) is 0 Å². The molecular formula is C17H15N5O4S2. The predicted molar refractivity (Wildman–Crippen MR) is 113 cm³/mol. The minimum atomic E-state index is -0.583. The topological polar surface area (TPSA) is 125 Å². The zero-order valence-electron chi connectivity index (χ0n) is 14.5. The van der Waals surface area contributed by atoms with E-state index in [0.717, 1.165) is 6.07 Å². The van der Waals surface area contributed by atoms with Crippen LogP contribution in [-0.2, 0) is 4.79 Å². The number of nitrogens with zero attached hydrogens (tertiary/aromatic N) is 1. The van der Waals surface area contributed by atoms with E-state index in [1.165, 1.54) is 25.1 Å². The van der Waals surface area contributed by atoms with Gasteiger partial charge in [0.25, 0.3) is 11.6 Å². The number of thiocarbonyl (C=S) groups is 2. The molecule has 2 rings (SSSR count). The standard InChI is InChI=1S/C17H15N5O4S2/c1-10(23)18-16(27)19-12-5-7-13(8-6-12)20-17(28)21-15(24)11-3-2-4-14(9-11)22(25)26/h2-9H,1H3,(H2,18,19,23,27)(H2,20,21,24,28). The van der Waals surface area contributed by atoms with Crippen molar-refractivity contribution in [3.05, 3.63) is 64.2 Å². The van der Waals surface area contributed by atoms with E-state index in [4.69, 9.17) is 24.4 Å². The summed E-state index contributed by atoms with van der Waals surface area (Å²) in [5, 5.41) is 21.6. The zero-order chi connectivity index (χ0) is 20.7. The van der Waals surface area contributed by atoms with Crippen molar-refractivity contribution in [1.29, 1.82) is 0 Å². The molecular weight excluding hydrogens is 402 g/mol. The van der Waals surface area contributed by atoms with Crippen molar-refractivity contribution in [2.45, 2.75) is 6.92 Å². The van der Waals surface area contributed by atoms with Crippen molar-refractivity contribution in [3.63, 3.8) is 0 Å². The molecule has 11 heteroatoms. The van der Waals surface area contributed by atoms with Gasteiger partial charge in [-0.05, 0) is 54.8 Å². The Kier molecular flexibility index (Phi) is 7.07. The highest BCUT2D eigenvalue weighted by atomic mass is 32.1. The number of hydrogen-bond donors (Lipinski definition) is 4. The highest BCUT2D eigenvalue weighted by molar-refractivity contribution is 7.80. The van der Waals surface area contributed by atoms with Gasteiger partial charge in [-0.1, -0.05) is 6.07 Å². The third-order valence-electron chi connectivity index (χ3n) is 3.24. The fourth-order valence-electron chi connectivity index (χ4n) is 2.06. The quantitative estimate of drug-likeness (QED) is 0.340. The SMILES string of the molecule is CC(=O)NC(=S)Nc1ccc(NC(=S)NC(=O)c2cccc([N+](=O)[O-])c2)cc1. The number of carbonyl (C=O) groups excluding carboxylic acids is 2. The number of carbonyl (C=O) groups is 2. The van der Waals surface area contributed by atoms with Crippen molar-refractivity contribution in [3.8, 4) is 0 Å². The highest BCUT2D eigenvalue weighted by Gasteiger charge is 2.12. The summed E-state index contributed by atoms with van der Waals surface area (Å²) in [6.07, 6.45) is 0. The first-order valence-corrected chi connectivity index (χ1v) is 8.61. The lowest BCUT2D eigenvalue weighted by atomic mass is 10.2. The summed E-state index contributed by atoms with van der Waals surface area (Å²) in [5.41, 5.74) is 1.17. The van der Waals surface area contributed by atoms with E-state index in [0.29, 0.717) is 11.4 Å². The number of nitro groups is 1. The lowest BCUT2D eigenvalue weighted by molar-refractivity contribution is -0.384. The molecule has 0 fully saturated rings. The molecule has 0 saturated carbocycles. The van der Waals surface area contributed by atoms with Gasteiger partial charge in [-0.25, -0.2) is 0 Å². The number of nitrogens with one attached hydrogen (secondary N) is 4. The van der Waals surface area contributed by atoms with Crippen LogP contribution in [0, 0.1) is 10.1 Å². The van der Waals surface area contributed by atoms with Crippen molar-refractivity contribution < 1.29 is 14.5 Å². The Balaban J connectivity index is 1.93. The highest BCUT2D eigenvalue weighted by Crippen LogP contribution is 2.15. The van der Waals surface area contributed by atoms with Crippen LogP contribution < -0.4 is 21.3 Å². The third-order valence-corrected chi connectivity index (χ3v) is 3.64. The second-order valence-electron chi connectivity index (χ2n) is 5.43. The summed E-state index contributed by atoms with van der Waals surface area (Å²) in [5.74, 6) is -0.847. The maximum absolute atomic E-state index is 12.2. The Morgan fingerprint density at radius 1 is 0.929 bits per heavy atom. The predicted octanol–water partition coefficient (Wildman–Crippen LogP) is 2.55. The van der Waals surface area contributed by atoms with Gasteiger partial charge >= 0.3 is 0 Å². The molecule has 0 radical (unpaired) electrons. The number of amides is 2. The van der Waals surface area contributed by atoms with Crippen LogP contribution in [0.2, 0.25) is 0 Å². The lowest BCUT2D eigenvalue weighted by Crippen LogP contribution is -2.34. The molecule has 4 N–H and O–H groups in total. The number of nitro benzene ring substituents is 1. The van der Waals surface area contributed by atoms with E-state index in [9.17, 15) is 19.7 Å². The molecule has 9 nitrogen and oxygen atoms in total. The molecule has 28 heavy (non-hydrogen) atoms. The summed E-state index contributed by atoms with van der Waals surface area (Å²) < 4.78 is 0. The van der Waals surface area contributed by atoms with Crippen molar-refractivity contribution in [1.82, 2.24) is 10.6 Å². The smallest absolute Gasteiger partial charge is 0.270 e. The third kappa shape index (κ3) is 6.37. The summed E-state index contributed by atoms with van der Waals surface area (Å²) in [4.78, 5) is 33.3. The van der Waals surface area contributed by atoms with Gasteiger partial charge in [0.2, 0.25) is 5.91 Å². The molecule has 0 spiro atoms. The maximum atomic E-state index is 12.2. The van der Waals surface area contributed by atoms with E-state index < -0.39 is 10.8 Å². The average molecular weight is 417 g/mol. The van der Waals surface area contributed by atoms with Crippen molar-refractivity contribution in [2.24, 2.45) is 0 Å². The number of hydrogen-bond acceptors (Lipinski definition) is 6. The van der Waals surface area contributed by atoms with Gasteiger partial charge < -0.3 is 16.0 Å². The first-order valence-electron chi connectivity index (χ1n) is 7.80. The Labute approximate surface area is 170 Å². The molecule has 2 amide bonds. The molecule has 0 aliphatic carbocycles. The molecule has 0 aliphatic heterocycles. The van der Waals surface area contributed by atoms with Gasteiger partial charge in [0.05, 0.1) is 4.92 Å². The number of non-ortho nitro benzene ring substituents is 1. The van der Waals surface area contributed by atoms with Gasteiger partial charge in [0.1, 0.15) is 0 Å². The number of anilines is 2. The van der Waals surface area contributed by atoms with E-state index >= 15 is 0 Å². The minimum absolute atomic E-state index is 0.0333. The molecule has 2 aromatic carbocycles. The fraction of sp³-hybridized carbons (Fsp3) is 0.0588. The maximum Gasteiger partial charge on any atom is 0.270 e. The largest absolute Gasteiger partial charge is 0.332 e. The fourth-order valence-corrected chi connectivity index (χ4v) is 2.53. The molecule has 144 valence electrons. The summed E-state index contributed by atoms with van der Waals surface area (Å²) in [6, 6.07) is 12.1. The first kappa shape index (κ1) is 20.9. The second kappa shape index (κ2) is 9.48. The van der Waals surface area contributed by atoms with E-state index in [1.54, 1.807) is 24.3 Å². The van der Waals surface area contributed by atoms with Crippen molar-refractivity contribution >= 4 is 63.5 Å². The van der Waals surface area contributed by atoms with Crippen LogP contribution in [0.15, 0.2) is 48.5 Å². The number of rotatable bonds is 4. The molecule has 0 saturated heterocycles. The molecule has 0 bridgehead atoms. The van der Waals surface area contributed by atoms with E-state index in [1.807, 2.05) is 0 Å². The Morgan fingerprint density at radius 3 is 1.96 bits per heavy atom. The van der Waals surface area contributed by atoms with Gasteiger partial charge in [0.15, 0.2) is 10.2 Å². The molecule has 0 atom stereocenters. The van der Waals surface area contributed by atoms with E-state index in [2.05, 4.69) is 21.3 Å². The Morgan fingerprint density at radius 2 is 1.46 bits per heavy atom. The molecule has 2 aromatic rings. The van der Waals surface area contributed by atoms with Crippen LogP contribution >= 0.6 is 24.4 Å². The van der Waals surface area contributed by atoms with Crippen LogP contribution in [0.1, 0.15) is 17.3 Å². The average Bonchev–Trinajstić information content (AvgIpc) is 2.62. The normalized spacial score (nSPS) is 9.75. The summed E-state index contributed by atoms with van der Waals surface area (Å²) in [7, 11) is 0. The Hall–Kier alpha value is -3.44. The van der Waals surface area contributed by atoms with Gasteiger partial charge in [0, 0.05) is 36.0 Å². The van der Waals surface area contributed by atoms with Crippen LogP contribution in [-0.4, -0.2) is 27.0 Å². The van der Waals surface area contributed by atoms with Crippen molar-refractivity contribution in [2.75, 3.05) is 10.6 Å². The van der Waals surface area contributed by atoms with Crippen LogP contribution in [0.4, 0.5) is 17.1 Å². The van der Waals surface area contributed by atoms with Crippen LogP contribution in [0.5, 0.6) is 0 Å². The zero-order valence-corrected chi connectivity index (χ0v) is 16.1. The molecule has 0 unspecified atom stereocenters. The van der Waals surface area contributed by atoms with Crippen LogP contribution in [0.25, 0.3) is 0 Å². The molecule has 0 heterocycles. The summed E-state index contributed by atoms with van der Waals surface area (Å²) in [6.45, 7) is 1.35. The Bertz CT molecular complexity index is 947. The number of benzene rings is 2. The van der Waals surface area contributed by atoms with E-state index in [-0.39, 0.29) is 27.4 Å². The van der Waals surface area contributed by atoms with Gasteiger partial charge in [-0.2, -0.15) is 0 Å². The van der Waals surface area contributed by atoms with Crippen LogP contribution in [0.3, 0.4) is 0 Å².